The summed E-state index contributed by atoms with van der Waals surface area (Å²) in [5.41, 5.74) is 11.4. The minimum atomic E-state index is -0.796. The number of aryl methyl sites for hydroxylation is 1. The van der Waals surface area contributed by atoms with Gasteiger partial charge in [-0.3, -0.25) is 4.79 Å². The topological polar surface area (TPSA) is 149 Å². The number of nitrogens with one attached hydrogen (secondary N) is 1. The summed E-state index contributed by atoms with van der Waals surface area (Å²) in [6.45, 7) is 3.04. The number of anilines is 3. The second-order valence-corrected chi connectivity index (χ2v) is 6.70. The van der Waals surface area contributed by atoms with Gasteiger partial charge < -0.3 is 26.4 Å². The SMILES string of the molecule is Cc1cc(Nc2nc(N3CCC[C@@H](OC(N)=O)C3)cnc2C(N)=O)sn1. The fourth-order valence-electron chi connectivity index (χ4n) is 2.75. The van der Waals surface area contributed by atoms with E-state index in [1.807, 2.05) is 17.9 Å². The molecule has 26 heavy (non-hydrogen) atoms. The molecule has 1 saturated heterocycles. The van der Waals surface area contributed by atoms with Crippen LogP contribution < -0.4 is 21.7 Å². The molecule has 0 aliphatic carbocycles. The summed E-state index contributed by atoms with van der Waals surface area (Å²) >= 11 is 1.25. The van der Waals surface area contributed by atoms with Gasteiger partial charge in [0, 0.05) is 6.54 Å². The van der Waals surface area contributed by atoms with E-state index in [1.54, 1.807) is 0 Å². The van der Waals surface area contributed by atoms with E-state index in [4.69, 9.17) is 16.2 Å². The Kier molecular flexibility index (Phi) is 5.16. The molecular formula is C15H19N7O3S. The number of amides is 2. The zero-order valence-corrected chi connectivity index (χ0v) is 15.0. The maximum Gasteiger partial charge on any atom is 0.404 e. The van der Waals surface area contributed by atoms with Gasteiger partial charge in [-0.2, -0.15) is 4.37 Å². The molecule has 5 N–H and O–H groups in total. The molecule has 1 aliphatic rings. The first-order valence-corrected chi connectivity index (χ1v) is 8.78. The highest BCUT2D eigenvalue weighted by molar-refractivity contribution is 7.10. The van der Waals surface area contributed by atoms with Crippen LogP contribution in [0.5, 0.6) is 0 Å². The highest BCUT2D eigenvalue weighted by Gasteiger charge is 2.25. The molecule has 3 rings (SSSR count). The Balaban J connectivity index is 1.84. The average molecular weight is 377 g/mol. The van der Waals surface area contributed by atoms with Crippen LogP contribution in [0.1, 0.15) is 29.0 Å². The number of hydrogen-bond donors (Lipinski definition) is 3. The lowest BCUT2D eigenvalue weighted by atomic mass is 10.1. The first kappa shape index (κ1) is 17.9. The number of rotatable bonds is 5. The molecular weight excluding hydrogens is 358 g/mol. The highest BCUT2D eigenvalue weighted by atomic mass is 32.1. The van der Waals surface area contributed by atoms with Crippen molar-refractivity contribution >= 4 is 40.2 Å². The third kappa shape index (κ3) is 4.17. The van der Waals surface area contributed by atoms with Crippen molar-refractivity contribution in [2.75, 3.05) is 23.3 Å². The Bertz CT molecular complexity index is 825. The van der Waals surface area contributed by atoms with Crippen LogP contribution in [0, 0.1) is 6.92 Å². The predicted molar refractivity (Wildman–Crippen MR) is 96.6 cm³/mol. The zero-order valence-electron chi connectivity index (χ0n) is 14.1. The molecule has 11 heteroatoms. The van der Waals surface area contributed by atoms with Crippen LogP contribution in [0.4, 0.5) is 21.4 Å². The van der Waals surface area contributed by atoms with E-state index in [2.05, 4.69) is 19.7 Å². The molecule has 1 aliphatic heterocycles. The van der Waals surface area contributed by atoms with Crippen molar-refractivity contribution in [3.8, 4) is 0 Å². The standard InChI is InChI=1S/C15H19N7O3S/c1-8-5-11(26-21-8)20-14-12(13(16)23)18-6-10(19-14)22-4-2-3-9(7-22)25-15(17)24/h5-6,9H,2-4,7H2,1H3,(H2,16,23)(H2,17,24)(H,19,20)/t9-/m1/s1. The van der Waals surface area contributed by atoms with Gasteiger partial charge in [0.05, 0.1) is 18.4 Å². The molecule has 0 saturated carbocycles. The summed E-state index contributed by atoms with van der Waals surface area (Å²) < 4.78 is 9.27. The maximum atomic E-state index is 11.7. The Hall–Kier alpha value is -2.95. The molecule has 138 valence electrons. The van der Waals surface area contributed by atoms with Crippen LogP contribution in [0.3, 0.4) is 0 Å². The van der Waals surface area contributed by atoms with Crippen molar-refractivity contribution in [1.82, 2.24) is 14.3 Å². The van der Waals surface area contributed by atoms with E-state index in [0.29, 0.717) is 12.4 Å². The number of hydrogen-bond acceptors (Lipinski definition) is 9. The molecule has 2 amide bonds. The van der Waals surface area contributed by atoms with Crippen molar-refractivity contribution in [2.45, 2.75) is 25.9 Å². The summed E-state index contributed by atoms with van der Waals surface area (Å²) in [6, 6.07) is 1.83. The number of carbonyl (C=O) groups excluding carboxylic acids is 2. The monoisotopic (exact) mass is 377 g/mol. The van der Waals surface area contributed by atoms with E-state index >= 15 is 0 Å². The molecule has 0 unspecified atom stereocenters. The molecule has 0 radical (unpaired) electrons. The lowest BCUT2D eigenvalue weighted by Crippen LogP contribution is -2.42. The smallest absolute Gasteiger partial charge is 0.404 e. The van der Waals surface area contributed by atoms with Crippen molar-refractivity contribution in [1.29, 1.82) is 0 Å². The fourth-order valence-corrected chi connectivity index (χ4v) is 3.41. The number of nitrogens with two attached hydrogens (primary N) is 2. The predicted octanol–water partition coefficient (Wildman–Crippen LogP) is 1.15. The maximum absolute atomic E-state index is 11.7. The van der Waals surface area contributed by atoms with Crippen LogP contribution in [0.25, 0.3) is 0 Å². The van der Waals surface area contributed by atoms with Crippen molar-refractivity contribution < 1.29 is 14.3 Å². The van der Waals surface area contributed by atoms with Gasteiger partial charge >= 0.3 is 6.09 Å². The third-order valence-corrected chi connectivity index (χ3v) is 4.64. The highest BCUT2D eigenvalue weighted by Crippen LogP contribution is 2.25. The Morgan fingerprint density at radius 2 is 2.23 bits per heavy atom. The minimum absolute atomic E-state index is 0.0433. The largest absolute Gasteiger partial charge is 0.445 e. The van der Waals surface area contributed by atoms with E-state index < -0.39 is 12.0 Å². The summed E-state index contributed by atoms with van der Waals surface area (Å²) in [5.74, 6) is 0.134. The van der Waals surface area contributed by atoms with Gasteiger partial charge in [-0.15, -0.1) is 0 Å². The normalized spacial score (nSPS) is 17.0. The Morgan fingerprint density at radius 1 is 1.42 bits per heavy atom. The van der Waals surface area contributed by atoms with Gasteiger partial charge in [-0.25, -0.2) is 14.8 Å². The lowest BCUT2D eigenvalue weighted by Gasteiger charge is -2.32. The quantitative estimate of drug-likeness (QED) is 0.702. The average Bonchev–Trinajstić information content (AvgIpc) is 2.99. The minimum Gasteiger partial charge on any atom is -0.445 e. The van der Waals surface area contributed by atoms with Gasteiger partial charge in [0.15, 0.2) is 11.5 Å². The molecule has 3 heterocycles. The third-order valence-electron chi connectivity index (χ3n) is 3.85. The first-order chi connectivity index (χ1) is 12.4. The fraction of sp³-hybridized carbons (Fsp3) is 0.400. The van der Waals surface area contributed by atoms with E-state index in [1.165, 1.54) is 17.7 Å². The number of piperidine rings is 1. The van der Waals surface area contributed by atoms with Gasteiger partial charge in [0.2, 0.25) is 0 Å². The van der Waals surface area contributed by atoms with E-state index in [9.17, 15) is 9.59 Å². The number of ether oxygens (including phenoxy) is 1. The van der Waals surface area contributed by atoms with Crippen LogP contribution in [-0.2, 0) is 4.74 Å². The number of aromatic nitrogens is 3. The zero-order chi connectivity index (χ0) is 18.7. The lowest BCUT2D eigenvalue weighted by molar-refractivity contribution is 0.0960. The number of carbonyl (C=O) groups is 2. The van der Waals surface area contributed by atoms with Crippen LogP contribution in [0.2, 0.25) is 0 Å². The Morgan fingerprint density at radius 3 is 2.88 bits per heavy atom. The second-order valence-electron chi connectivity index (χ2n) is 5.89. The van der Waals surface area contributed by atoms with Crippen LogP contribution >= 0.6 is 11.5 Å². The van der Waals surface area contributed by atoms with Gasteiger partial charge in [0.25, 0.3) is 5.91 Å². The summed E-state index contributed by atoms with van der Waals surface area (Å²) in [5, 5.41) is 3.77. The molecule has 2 aromatic heterocycles. The summed E-state index contributed by atoms with van der Waals surface area (Å²) in [7, 11) is 0. The summed E-state index contributed by atoms with van der Waals surface area (Å²) in [4.78, 5) is 33.2. The molecule has 1 atom stereocenters. The molecule has 2 aromatic rings. The van der Waals surface area contributed by atoms with Gasteiger partial charge in [-0.05, 0) is 37.4 Å². The first-order valence-electron chi connectivity index (χ1n) is 8.00. The molecule has 0 spiro atoms. The molecule has 0 bridgehead atoms. The molecule has 1 fully saturated rings. The summed E-state index contributed by atoms with van der Waals surface area (Å²) in [6.07, 6.45) is 1.93. The molecule has 10 nitrogen and oxygen atoms in total. The van der Waals surface area contributed by atoms with Crippen LogP contribution in [0.15, 0.2) is 12.3 Å². The molecule has 0 aromatic carbocycles. The van der Waals surface area contributed by atoms with Crippen molar-refractivity contribution in [3.05, 3.63) is 23.7 Å². The van der Waals surface area contributed by atoms with Crippen molar-refractivity contribution in [2.24, 2.45) is 11.5 Å². The van der Waals surface area contributed by atoms with Crippen molar-refractivity contribution in [3.63, 3.8) is 0 Å². The van der Waals surface area contributed by atoms with Crippen LogP contribution in [-0.4, -0.2) is 45.5 Å². The number of nitrogens with zero attached hydrogens (tertiary/aromatic N) is 4. The second kappa shape index (κ2) is 7.52. The van der Waals surface area contributed by atoms with E-state index in [-0.39, 0.29) is 17.6 Å². The van der Waals surface area contributed by atoms with E-state index in [0.717, 1.165) is 30.1 Å². The number of primary amides is 2. The van der Waals surface area contributed by atoms with Gasteiger partial charge in [0.1, 0.15) is 16.9 Å². The Labute approximate surface area is 153 Å². The van der Waals surface area contributed by atoms with Gasteiger partial charge in [-0.1, -0.05) is 0 Å².